The van der Waals surface area contributed by atoms with Gasteiger partial charge in [-0.25, -0.2) is 8.42 Å². The van der Waals surface area contributed by atoms with Crippen LogP contribution in [0, 0.1) is 0 Å². The second kappa shape index (κ2) is 5.44. The maximum atomic E-state index is 11.0. The lowest BCUT2D eigenvalue weighted by atomic mass is 10.4. The zero-order chi connectivity index (χ0) is 10.6. The van der Waals surface area contributed by atoms with E-state index in [-0.39, 0.29) is 5.75 Å². The summed E-state index contributed by atoms with van der Waals surface area (Å²) < 4.78 is 27.3. The number of alkyl halides is 1. The number of hydrogen-bond donors (Lipinski definition) is 0. The predicted octanol–water partition coefficient (Wildman–Crippen LogP) is 0.127. The van der Waals surface area contributed by atoms with Gasteiger partial charge < -0.3 is 4.74 Å². The van der Waals surface area contributed by atoms with Crippen molar-refractivity contribution in [3.05, 3.63) is 0 Å². The van der Waals surface area contributed by atoms with Crippen LogP contribution >= 0.6 is 15.9 Å². The average molecular weight is 286 g/mol. The molecular formula is C8H16BrNO3S. The molecule has 0 aromatic carbocycles. The molecular weight excluding hydrogens is 270 g/mol. The molecule has 0 aromatic rings. The SMILES string of the molecule is CS(=O)(=O)CCN1CCOCC(Br)C1. The summed E-state index contributed by atoms with van der Waals surface area (Å²) in [6.07, 6.45) is 1.27. The van der Waals surface area contributed by atoms with E-state index in [4.69, 9.17) is 4.74 Å². The van der Waals surface area contributed by atoms with Gasteiger partial charge in [0.25, 0.3) is 0 Å². The summed E-state index contributed by atoms with van der Waals surface area (Å²) in [7, 11) is -2.85. The Labute approximate surface area is 93.7 Å². The van der Waals surface area contributed by atoms with Crippen molar-refractivity contribution in [2.45, 2.75) is 4.83 Å². The van der Waals surface area contributed by atoms with Crippen LogP contribution in [-0.4, -0.2) is 63.0 Å². The first-order valence-corrected chi connectivity index (χ1v) is 7.57. The van der Waals surface area contributed by atoms with Gasteiger partial charge in [-0.15, -0.1) is 0 Å². The molecule has 0 radical (unpaired) electrons. The molecule has 0 spiro atoms. The van der Waals surface area contributed by atoms with Gasteiger partial charge in [0.15, 0.2) is 0 Å². The quantitative estimate of drug-likeness (QED) is 0.692. The minimum absolute atomic E-state index is 0.229. The summed E-state index contributed by atoms with van der Waals surface area (Å²) in [4.78, 5) is 2.43. The molecule has 1 heterocycles. The highest BCUT2D eigenvalue weighted by Gasteiger charge is 2.17. The topological polar surface area (TPSA) is 46.6 Å². The molecule has 1 fully saturated rings. The first kappa shape index (κ1) is 12.4. The fourth-order valence-electron chi connectivity index (χ4n) is 1.33. The molecule has 0 saturated carbocycles. The van der Waals surface area contributed by atoms with Crippen LogP contribution in [0.15, 0.2) is 0 Å². The van der Waals surface area contributed by atoms with E-state index in [1.165, 1.54) is 6.26 Å². The van der Waals surface area contributed by atoms with Gasteiger partial charge >= 0.3 is 0 Å². The highest BCUT2D eigenvalue weighted by molar-refractivity contribution is 9.09. The van der Waals surface area contributed by atoms with Gasteiger partial charge in [-0.1, -0.05) is 15.9 Å². The Morgan fingerprint density at radius 3 is 2.93 bits per heavy atom. The third kappa shape index (κ3) is 5.29. The number of nitrogens with zero attached hydrogens (tertiary/aromatic N) is 1. The third-order valence-corrected chi connectivity index (χ3v) is 3.56. The Kier molecular flexibility index (Phi) is 4.82. The van der Waals surface area contributed by atoms with Gasteiger partial charge in [0.2, 0.25) is 0 Å². The van der Waals surface area contributed by atoms with Crippen molar-refractivity contribution in [3.8, 4) is 0 Å². The fraction of sp³-hybridized carbons (Fsp3) is 1.00. The maximum absolute atomic E-state index is 11.0. The van der Waals surface area contributed by atoms with Gasteiger partial charge in [-0.3, -0.25) is 4.90 Å². The summed E-state index contributed by atoms with van der Waals surface area (Å²) in [5.74, 6) is 0.229. The summed E-state index contributed by atoms with van der Waals surface area (Å²) in [6, 6.07) is 0. The van der Waals surface area contributed by atoms with Crippen LogP contribution in [0.25, 0.3) is 0 Å². The van der Waals surface area contributed by atoms with Crippen molar-refractivity contribution >= 4 is 25.8 Å². The number of ether oxygens (including phenoxy) is 1. The molecule has 0 N–H and O–H groups in total. The van der Waals surface area contributed by atoms with Crippen molar-refractivity contribution in [2.75, 3.05) is 44.9 Å². The summed E-state index contributed by atoms with van der Waals surface area (Å²) in [5.41, 5.74) is 0. The number of halogens is 1. The lowest BCUT2D eigenvalue weighted by molar-refractivity contribution is 0.144. The molecule has 1 aliphatic rings. The number of sulfone groups is 1. The Morgan fingerprint density at radius 1 is 1.57 bits per heavy atom. The third-order valence-electron chi connectivity index (χ3n) is 2.09. The van der Waals surface area contributed by atoms with Gasteiger partial charge in [0.1, 0.15) is 9.84 Å². The second-order valence-electron chi connectivity index (χ2n) is 3.60. The highest BCUT2D eigenvalue weighted by Crippen LogP contribution is 2.07. The Bertz CT molecular complexity index is 268. The standard InChI is InChI=1S/C8H16BrNO3S/c1-14(11,12)5-3-10-2-4-13-7-8(9)6-10/h8H,2-7H2,1H3. The minimum Gasteiger partial charge on any atom is -0.379 e. The van der Waals surface area contributed by atoms with Crippen molar-refractivity contribution in [2.24, 2.45) is 0 Å². The van der Waals surface area contributed by atoms with Crippen LogP contribution < -0.4 is 0 Å². The van der Waals surface area contributed by atoms with E-state index in [1.807, 2.05) is 0 Å². The molecule has 1 atom stereocenters. The Morgan fingerprint density at radius 2 is 2.29 bits per heavy atom. The van der Waals surface area contributed by atoms with Crippen molar-refractivity contribution in [1.29, 1.82) is 0 Å². The van der Waals surface area contributed by atoms with E-state index < -0.39 is 9.84 Å². The summed E-state index contributed by atoms with van der Waals surface area (Å²) in [5, 5.41) is 0. The van der Waals surface area contributed by atoms with Gasteiger partial charge in [-0.05, 0) is 0 Å². The number of rotatable bonds is 3. The monoisotopic (exact) mass is 285 g/mol. The van der Waals surface area contributed by atoms with Crippen LogP contribution in [0.3, 0.4) is 0 Å². The van der Waals surface area contributed by atoms with Crippen LogP contribution in [0.5, 0.6) is 0 Å². The second-order valence-corrected chi connectivity index (χ2v) is 7.16. The lowest BCUT2D eigenvalue weighted by Crippen LogP contribution is -2.34. The van der Waals surface area contributed by atoms with Crippen molar-refractivity contribution < 1.29 is 13.2 Å². The van der Waals surface area contributed by atoms with Crippen molar-refractivity contribution in [1.82, 2.24) is 4.90 Å². The Balaban J connectivity index is 2.35. The molecule has 1 rings (SSSR count). The summed E-state index contributed by atoms with van der Waals surface area (Å²) >= 11 is 3.48. The first-order chi connectivity index (χ1) is 6.47. The minimum atomic E-state index is -2.85. The Hall–Kier alpha value is 0.350. The molecule has 0 aliphatic carbocycles. The highest BCUT2D eigenvalue weighted by atomic mass is 79.9. The van der Waals surface area contributed by atoms with Crippen LogP contribution in [0.4, 0.5) is 0 Å². The van der Waals surface area contributed by atoms with E-state index in [0.29, 0.717) is 24.6 Å². The molecule has 1 unspecified atom stereocenters. The zero-order valence-electron chi connectivity index (χ0n) is 8.28. The van der Waals surface area contributed by atoms with E-state index >= 15 is 0 Å². The van der Waals surface area contributed by atoms with Gasteiger partial charge in [-0.2, -0.15) is 0 Å². The molecule has 0 bridgehead atoms. The van der Waals surface area contributed by atoms with Gasteiger partial charge in [0, 0.05) is 25.9 Å². The fourth-order valence-corrected chi connectivity index (χ4v) is 2.51. The molecule has 0 amide bonds. The maximum Gasteiger partial charge on any atom is 0.148 e. The van der Waals surface area contributed by atoms with E-state index in [0.717, 1.165) is 13.1 Å². The predicted molar refractivity (Wildman–Crippen MR) is 59.7 cm³/mol. The first-order valence-electron chi connectivity index (χ1n) is 4.59. The molecule has 84 valence electrons. The van der Waals surface area contributed by atoms with E-state index in [1.54, 1.807) is 0 Å². The smallest absolute Gasteiger partial charge is 0.148 e. The van der Waals surface area contributed by atoms with Gasteiger partial charge in [0.05, 0.1) is 23.8 Å². The van der Waals surface area contributed by atoms with Crippen molar-refractivity contribution in [3.63, 3.8) is 0 Å². The normalized spacial score (nSPS) is 26.0. The number of hydrogen-bond acceptors (Lipinski definition) is 4. The van der Waals surface area contributed by atoms with E-state index in [2.05, 4.69) is 20.8 Å². The average Bonchev–Trinajstić information content (AvgIpc) is 2.25. The van der Waals surface area contributed by atoms with E-state index in [9.17, 15) is 8.42 Å². The van der Waals surface area contributed by atoms with Crippen LogP contribution in [-0.2, 0) is 14.6 Å². The van der Waals surface area contributed by atoms with Crippen LogP contribution in [0.2, 0.25) is 0 Å². The molecule has 14 heavy (non-hydrogen) atoms. The molecule has 1 saturated heterocycles. The molecule has 1 aliphatic heterocycles. The molecule has 4 nitrogen and oxygen atoms in total. The largest absolute Gasteiger partial charge is 0.379 e. The molecule has 6 heteroatoms. The lowest BCUT2D eigenvalue weighted by Gasteiger charge is -2.19. The summed E-state index contributed by atoms with van der Waals surface area (Å²) in [6.45, 7) is 3.67. The molecule has 0 aromatic heterocycles. The zero-order valence-corrected chi connectivity index (χ0v) is 10.7. The van der Waals surface area contributed by atoms with Crippen LogP contribution in [0.1, 0.15) is 0 Å².